The van der Waals surface area contributed by atoms with Gasteiger partial charge in [0.15, 0.2) is 0 Å². The van der Waals surface area contributed by atoms with Crippen LogP contribution in [-0.4, -0.2) is 71.5 Å². The summed E-state index contributed by atoms with van der Waals surface area (Å²) in [5.74, 6) is -2.81. The van der Waals surface area contributed by atoms with E-state index in [1.165, 1.54) is 31.0 Å². The third-order valence-corrected chi connectivity index (χ3v) is 7.40. The molecular weight excluding hydrogens is 598 g/mol. The van der Waals surface area contributed by atoms with E-state index in [0.717, 1.165) is 35.3 Å². The molecule has 10 heteroatoms. The number of hydrogen-bond acceptors (Lipinski definition) is 6. The number of para-hydroxylation sites is 1. The lowest BCUT2D eigenvalue weighted by Gasteiger charge is -2.32. The molecule has 1 aliphatic heterocycles. The maximum Gasteiger partial charge on any atom is 0.328 e. The highest BCUT2D eigenvalue weighted by Gasteiger charge is 2.30. The van der Waals surface area contributed by atoms with Crippen molar-refractivity contribution in [2.45, 2.75) is 37.8 Å². The standard InChI is InChI=1S/C21H26ClNO.C10H10O3.C4H4O4/c1-21(17-7-4-3-5-8-17,18-10-12-19(22)13-11-18)24-16-14-20-9-6-15-23(20)2;1-13-9-5-3-2-4-8(9)6-7-10(11)12;5-3(6)1-2-4(7)8/h3-5,7-8,10-13,20H,6,9,14-16H2,1-2H3;2-7H,1H3,(H,11,12);1-2H,(H,5,6)(H,7,8). The van der Waals surface area contributed by atoms with Crippen molar-refractivity contribution < 1.29 is 39.2 Å². The number of nitrogens with zero attached hydrogens (tertiary/aromatic N) is 1. The fourth-order valence-electron chi connectivity index (χ4n) is 4.71. The Morgan fingerprint density at radius 1 is 0.867 bits per heavy atom. The van der Waals surface area contributed by atoms with Gasteiger partial charge in [0, 0.05) is 41.5 Å². The van der Waals surface area contributed by atoms with Crippen LogP contribution < -0.4 is 4.74 Å². The van der Waals surface area contributed by atoms with Crippen LogP contribution in [0.3, 0.4) is 0 Å². The number of carbonyl (C=O) groups is 3. The zero-order valence-corrected chi connectivity index (χ0v) is 26.4. The molecule has 0 spiro atoms. The molecule has 0 radical (unpaired) electrons. The molecule has 0 saturated carbocycles. The van der Waals surface area contributed by atoms with Gasteiger partial charge in [-0.15, -0.1) is 0 Å². The molecule has 9 nitrogen and oxygen atoms in total. The van der Waals surface area contributed by atoms with E-state index in [4.69, 9.17) is 36.4 Å². The molecule has 2 atom stereocenters. The topological polar surface area (TPSA) is 134 Å². The first-order valence-corrected chi connectivity index (χ1v) is 14.7. The molecule has 3 aromatic rings. The van der Waals surface area contributed by atoms with Crippen molar-refractivity contribution >= 4 is 35.6 Å². The second kappa shape index (κ2) is 19.1. The van der Waals surface area contributed by atoms with Gasteiger partial charge in [-0.3, -0.25) is 0 Å². The molecule has 0 amide bonds. The molecule has 45 heavy (non-hydrogen) atoms. The van der Waals surface area contributed by atoms with Crippen LogP contribution in [-0.2, 0) is 24.7 Å². The number of halogens is 1. The Labute approximate surface area is 269 Å². The van der Waals surface area contributed by atoms with Crippen molar-refractivity contribution in [1.29, 1.82) is 0 Å². The summed E-state index contributed by atoms with van der Waals surface area (Å²) in [4.78, 5) is 31.8. The predicted octanol–water partition coefficient (Wildman–Crippen LogP) is 6.61. The van der Waals surface area contributed by atoms with E-state index < -0.39 is 23.5 Å². The number of likely N-dealkylation sites (tertiary alicyclic amines) is 1. The summed E-state index contributed by atoms with van der Waals surface area (Å²) in [7, 11) is 3.76. The molecule has 1 fully saturated rings. The number of benzene rings is 3. The van der Waals surface area contributed by atoms with Gasteiger partial charge in [0.1, 0.15) is 11.4 Å². The second-order valence-electron chi connectivity index (χ2n) is 10.2. The van der Waals surface area contributed by atoms with E-state index in [1.807, 2.05) is 30.3 Å². The molecule has 240 valence electrons. The van der Waals surface area contributed by atoms with E-state index in [0.29, 0.717) is 23.9 Å². The van der Waals surface area contributed by atoms with Gasteiger partial charge in [-0.05, 0) is 75.2 Å². The van der Waals surface area contributed by atoms with Crippen molar-refractivity contribution in [3.63, 3.8) is 0 Å². The van der Waals surface area contributed by atoms with Crippen LogP contribution in [0.2, 0.25) is 5.02 Å². The highest BCUT2D eigenvalue weighted by Crippen LogP contribution is 2.34. The summed E-state index contributed by atoms with van der Waals surface area (Å²) < 4.78 is 11.5. The lowest BCUT2D eigenvalue weighted by molar-refractivity contribution is -0.134. The Kier molecular flexibility index (Phi) is 15.6. The molecule has 0 aliphatic carbocycles. The van der Waals surface area contributed by atoms with Gasteiger partial charge >= 0.3 is 17.9 Å². The Bertz CT molecular complexity index is 1410. The minimum Gasteiger partial charge on any atom is -0.496 e. The number of carboxylic acid groups (broad SMARTS) is 3. The monoisotopic (exact) mass is 637 g/mol. The molecule has 1 aliphatic rings. The van der Waals surface area contributed by atoms with Gasteiger partial charge in [0.25, 0.3) is 0 Å². The van der Waals surface area contributed by atoms with Crippen LogP contribution in [0.5, 0.6) is 5.75 Å². The van der Waals surface area contributed by atoms with Crippen LogP contribution in [0.1, 0.15) is 42.9 Å². The number of carboxylic acids is 3. The average Bonchev–Trinajstić information content (AvgIpc) is 3.44. The van der Waals surface area contributed by atoms with Gasteiger partial charge < -0.3 is 29.7 Å². The highest BCUT2D eigenvalue weighted by molar-refractivity contribution is 6.30. The highest BCUT2D eigenvalue weighted by atomic mass is 35.5. The van der Waals surface area contributed by atoms with Crippen LogP contribution in [0, 0.1) is 0 Å². The summed E-state index contributed by atoms with van der Waals surface area (Å²) >= 11 is 6.07. The lowest BCUT2D eigenvalue weighted by Crippen LogP contribution is -2.31. The third-order valence-electron chi connectivity index (χ3n) is 7.15. The first-order valence-electron chi connectivity index (χ1n) is 14.3. The third kappa shape index (κ3) is 13.0. The maximum atomic E-state index is 10.2. The Balaban J connectivity index is 0.000000281. The summed E-state index contributed by atoms with van der Waals surface area (Å²) in [5.41, 5.74) is 2.61. The van der Waals surface area contributed by atoms with Crippen LogP contribution >= 0.6 is 11.6 Å². The smallest absolute Gasteiger partial charge is 0.328 e. The SMILES string of the molecule is CN1CCCC1CCOC(C)(c1ccccc1)c1ccc(Cl)cc1.COc1ccccc1C=CC(=O)O.O=C(O)C=CC(=O)O. The number of methoxy groups -OCH3 is 1. The average molecular weight is 638 g/mol. The van der Waals surface area contributed by atoms with E-state index in [2.05, 4.69) is 55.3 Å². The van der Waals surface area contributed by atoms with Crippen LogP contribution in [0.4, 0.5) is 0 Å². The molecule has 4 rings (SSSR count). The summed E-state index contributed by atoms with van der Waals surface area (Å²) in [6.45, 7) is 4.12. The van der Waals surface area contributed by atoms with Crippen molar-refractivity contribution in [2.75, 3.05) is 27.3 Å². The number of rotatable bonds is 11. The molecule has 3 aromatic carbocycles. The van der Waals surface area contributed by atoms with Gasteiger partial charge in [-0.1, -0.05) is 72.3 Å². The minimum atomic E-state index is -1.26. The van der Waals surface area contributed by atoms with Crippen LogP contribution in [0.25, 0.3) is 6.08 Å². The first-order chi connectivity index (χ1) is 21.5. The minimum absolute atomic E-state index is 0.455. The normalized spacial score (nSPS) is 15.8. The van der Waals surface area contributed by atoms with E-state index in [9.17, 15) is 14.4 Å². The molecular formula is C35H40ClNO8. The molecule has 0 bridgehead atoms. The van der Waals surface area contributed by atoms with Crippen molar-refractivity contribution in [3.05, 3.63) is 119 Å². The van der Waals surface area contributed by atoms with Crippen LogP contribution in [0.15, 0.2) is 97.1 Å². The molecule has 3 N–H and O–H groups in total. The molecule has 1 saturated heterocycles. The maximum absolute atomic E-state index is 10.2. The fraction of sp³-hybridized carbons (Fsp3) is 0.286. The molecule has 2 unspecified atom stereocenters. The van der Waals surface area contributed by atoms with E-state index in [-0.39, 0.29) is 0 Å². The summed E-state index contributed by atoms with van der Waals surface area (Å²) in [5, 5.41) is 24.8. The van der Waals surface area contributed by atoms with Crippen molar-refractivity contribution in [3.8, 4) is 5.75 Å². The van der Waals surface area contributed by atoms with E-state index in [1.54, 1.807) is 19.2 Å². The predicted molar refractivity (Wildman–Crippen MR) is 175 cm³/mol. The second-order valence-corrected chi connectivity index (χ2v) is 10.7. The first kappa shape index (κ1) is 36.8. The Hall–Kier alpha value is -4.44. The van der Waals surface area contributed by atoms with E-state index >= 15 is 0 Å². The summed E-state index contributed by atoms with van der Waals surface area (Å²) in [6, 6.07) is 26.3. The fourth-order valence-corrected chi connectivity index (χ4v) is 4.83. The van der Waals surface area contributed by atoms with Crippen molar-refractivity contribution in [1.82, 2.24) is 4.90 Å². The number of ether oxygens (including phenoxy) is 2. The molecule has 0 aromatic heterocycles. The zero-order valence-electron chi connectivity index (χ0n) is 25.6. The lowest BCUT2D eigenvalue weighted by atomic mass is 9.88. The number of aliphatic carboxylic acids is 3. The molecule has 1 heterocycles. The Morgan fingerprint density at radius 3 is 1.96 bits per heavy atom. The van der Waals surface area contributed by atoms with Gasteiger partial charge in [-0.2, -0.15) is 0 Å². The van der Waals surface area contributed by atoms with Gasteiger partial charge in [0.2, 0.25) is 0 Å². The Morgan fingerprint density at radius 2 is 1.42 bits per heavy atom. The zero-order chi connectivity index (χ0) is 33.2. The summed E-state index contributed by atoms with van der Waals surface area (Å²) in [6.07, 6.45) is 7.35. The van der Waals surface area contributed by atoms with Gasteiger partial charge in [0.05, 0.1) is 7.11 Å². The number of hydrogen-bond donors (Lipinski definition) is 3. The van der Waals surface area contributed by atoms with Crippen molar-refractivity contribution in [2.24, 2.45) is 0 Å². The van der Waals surface area contributed by atoms with Gasteiger partial charge in [-0.25, -0.2) is 14.4 Å². The largest absolute Gasteiger partial charge is 0.496 e. The quantitative estimate of drug-likeness (QED) is 0.199.